The van der Waals surface area contributed by atoms with Gasteiger partial charge in [-0.1, -0.05) is 11.6 Å². The lowest BCUT2D eigenvalue weighted by Gasteiger charge is -2.12. The number of nitrogens with one attached hydrogen (secondary N) is 1. The zero-order valence-corrected chi connectivity index (χ0v) is 21.1. The van der Waals surface area contributed by atoms with E-state index in [-0.39, 0.29) is 39.7 Å². The van der Waals surface area contributed by atoms with E-state index in [4.69, 9.17) is 42.8 Å². The van der Waals surface area contributed by atoms with Crippen molar-refractivity contribution in [3.63, 3.8) is 0 Å². The second kappa shape index (κ2) is 13.8. The van der Waals surface area contributed by atoms with Crippen LogP contribution in [-0.2, 0) is 25.3 Å². The van der Waals surface area contributed by atoms with Gasteiger partial charge in [-0.3, -0.25) is 19.5 Å². The molecule has 0 bridgehead atoms. The minimum atomic E-state index is -4.10. The van der Waals surface area contributed by atoms with E-state index in [2.05, 4.69) is 10.4 Å². The van der Waals surface area contributed by atoms with Gasteiger partial charge in [-0.15, -0.1) is 16.7 Å². The summed E-state index contributed by atoms with van der Waals surface area (Å²) in [5, 5.41) is 12.6. The molecule has 0 saturated heterocycles. The molecule has 4 N–H and O–H groups in total. The molecule has 2 aromatic rings. The number of halogens is 5. The number of carbonyl (C=O) groups is 2. The van der Waals surface area contributed by atoms with Crippen LogP contribution in [0.5, 0.6) is 0 Å². The molecule has 0 aliphatic rings. The fraction of sp³-hybridized carbons (Fsp3) is 0.444. The van der Waals surface area contributed by atoms with Crippen molar-refractivity contribution < 1.29 is 47.0 Å². The first-order valence-electron chi connectivity index (χ1n) is 9.81. The van der Waals surface area contributed by atoms with Crippen molar-refractivity contribution in [3.05, 3.63) is 44.8 Å². The molecule has 1 aromatic carbocycles. The van der Waals surface area contributed by atoms with E-state index in [1.165, 1.54) is 6.92 Å². The molecule has 0 aliphatic heterocycles. The van der Waals surface area contributed by atoms with Crippen LogP contribution in [0.3, 0.4) is 0 Å². The minimum absolute atomic E-state index is 0.0424. The Bertz CT molecular complexity index is 1190. The molecule has 0 spiro atoms. The maximum atomic E-state index is 14.2. The first kappa shape index (κ1) is 31.6. The number of aryl methyl sites for hydroxylation is 1. The Morgan fingerprint density at radius 3 is 2.39 bits per heavy atom. The lowest BCUT2D eigenvalue weighted by molar-refractivity contribution is -0.142. The average molecular weight is 581 g/mol. The molecule has 18 heteroatoms. The summed E-state index contributed by atoms with van der Waals surface area (Å²) in [6, 6.07) is 2.03. The topological polar surface area (TPSA) is 173 Å². The smallest absolute Gasteiger partial charge is 0.355 e. The van der Waals surface area contributed by atoms with Gasteiger partial charge in [0.2, 0.25) is 0 Å². The molecular formula is C18H22Cl2F3N4O8P. The lowest BCUT2D eigenvalue weighted by atomic mass is 10.1. The summed E-state index contributed by atoms with van der Waals surface area (Å²) in [6.07, 6.45) is -0.713. The van der Waals surface area contributed by atoms with Crippen molar-refractivity contribution in [1.29, 1.82) is 0 Å². The van der Waals surface area contributed by atoms with Gasteiger partial charge in [0, 0.05) is 11.4 Å². The number of carboxylic acids is 1. The predicted octanol–water partition coefficient (Wildman–Crippen LogP) is 2.04. The van der Waals surface area contributed by atoms with Crippen LogP contribution in [0.2, 0.25) is 5.02 Å². The molecule has 1 atom stereocenters. The van der Waals surface area contributed by atoms with Crippen LogP contribution in [0.4, 0.5) is 13.2 Å². The number of esters is 1. The number of alkyl halides is 3. The largest absolute Gasteiger partial charge is 0.480 e. The highest BCUT2D eigenvalue weighted by atomic mass is 35.5. The van der Waals surface area contributed by atoms with Crippen molar-refractivity contribution in [2.75, 3.05) is 19.4 Å². The molecule has 0 aliphatic carbocycles. The van der Waals surface area contributed by atoms with E-state index in [9.17, 15) is 32.1 Å². The van der Waals surface area contributed by atoms with Crippen molar-refractivity contribution >= 4 is 42.7 Å². The van der Waals surface area contributed by atoms with Gasteiger partial charge in [0.25, 0.3) is 0 Å². The number of aromatic nitrogens is 3. The number of hydrogen-bond donors (Lipinski definition) is 4. The van der Waals surface area contributed by atoms with E-state index in [1.54, 1.807) is 6.92 Å². The highest BCUT2D eigenvalue weighted by molar-refractivity contribution is 7.51. The van der Waals surface area contributed by atoms with Crippen LogP contribution in [-0.4, -0.2) is 66.0 Å². The second-order valence-corrected chi connectivity index (χ2v) is 9.43. The standard InChI is InChI=1S/C15H14Cl2F3N3O3.C3H8NO5P/c1-3-26-13(24)10(17)4-8-5-12(11(18)6-9(8)16)23-15(25)22(14(19)20)7(2)21-23;5-3(6)1-4-2-10(7,8)9/h5-6,10,14H,3-4H2,1-2H3;4H,1-2H2,(H,5,6)(H2,7,8,9). The van der Waals surface area contributed by atoms with Crippen molar-refractivity contribution in [3.8, 4) is 5.69 Å². The second-order valence-electron chi connectivity index (χ2n) is 6.85. The zero-order chi connectivity index (χ0) is 27.8. The first-order chi connectivity index (χ1) is 16.6. The molecule has 0 saturated carbocycles. The van der Waals surface area contributed by atoms with Gasteiger partial charge in [0.05, 0.1) is 19.4 Å². The van der Waals surface area contributed by atoms with Crippen LogP contribution < -0.4 is 11.0 Å². The van der Waals surface area contributed by atoms with Crippen molar-refractivity contribution in [1.82, 2.24) is 19.7 Å². The number of nitrogens with zero attached hydrogens (tertiary/aromatic N) is 3. The van der Waals surface area contributed by atoms with Crippen LogP contribution in [0.1, 0.15) is 24.9 Å². The monoisotopic (exact) mass is 580 g/mol. The summed E-state index contributed by atoms with van der Waals surface area (Å²) in [5.74, 6) is -3.07. The van der Waals surface area contributed by atoms with Crippen molar-refractivity contribution in [2.45, 2.75) is 32.2 Å². The summed E-state index contributed by atoms with van der Waals surface area (Å²) < 4.78 is 55.5. The summed E-state index contributed by atoms with van der Waals surface area (Å²) in [5.41, 5.74) is -1.37. The van der Waals surface area contributed by atoms with E-state index in [1.807, 2.05) is 0 Å². The van der Waals surface area contributed by atoms with Gasteiger partial charge >= 0.3 is 31.8 Å². The van der Waals surface area contributed by atoms with Gasteiger partial charge in [-0.05, 0) is 31.5 Å². The fourth-order valence-corrected chi connectivity index (χ4v) is 3.43. The van der Waals surface area contributed by atoms with Crippen molar-refractivity contribution in [2.24, 2.45) is 0 Å². The molecule has 1 heterocycles. The average Bonchev–Trinajstić information content (AvgIpc) is 3.03. The molecular weight excluding hydrogens is 559 g/mol. The first-order valence-corrected chi connectivity index (χ1v) is 12.4. The predicted molar refractivity (Wildman–Crippen MR) is 121 cm³/mol. The Kier molecular flexibility index (Phi) is 12.1. The number of rotatable bonds is 10. The van der Waals surface area contributed by atoms with E-state index in [0.717, 1.165) is 12.1 Å². The number of hydrogen-bond acceptors (Lipinski definition) is 7. The Morgan fingerprint density at radius 2 is 1.92 bits per heavy atom. The number of aliphatic carboxylic acids is 1. The molecule has 0 amide bonds. The van der Waals surface area contributed by atoms with Gasteiger partial charge in [-0.25, -0.2) is 13.8 Å². The quantitative estimate of drug-likeness (QED) is 0.185. The van der Waals surface area contributed by atoms with Gasteiger partial charge in [-0.2, -0.15) is 13.5 Å². The minimum Gasteiger partial charge on any atom is -0.480 e. The van der Waals surface area contributed by atoms with Gasteiger partial charge in [0.15, 0.2) is 5.82 Å². The molecule has 1 aromatic heterocycles. The SMILES string of the molecule is CCOC(=O)C(Cl)Cc1cc(-n2nc(C)n(C(F)F)c2=O)c(F)cc1Cl.O=C(O)CNCP(=O)(O)O. The normalized spacial score (nSPS) is 12.2. The fourth-order valence-electron chi connectivity index (χ4n) is 2.57. The molecule has 0 fully saturated rings. The van der Waals surface area contributed by atoms with E-state index < -0.39 is 55.8 Å². The zero-order valence-electron chi connectivity index (χ0n) is 18.7. The third kappa shape index (κ3) is 9.56. The summed E-state index contributed by atoms with van der Waals surface area (Å²) in [6.45, 7) is -0.635. The number of carboxylic acid groups (broad SMARTS) is 1. The third-order valence-electron chi connectivity index (χ3n) is 4.06. The van der Waals surface area contributed by atoms with Gasteiger partial charge < -0.3 is 19.6 Å². The molecule has 1 unspecified atom stereocenters. The highest BCUT2D eigenvalue weighted by Crippen LogP contribution is 2.31. The summed E-state index contributed by atoms with van der Waals surface area (Å²) >= 11 is 11.9. The Labute approximate surface area is 211 Å². The Balaban J connectivity index is 0.000000548. The van der Waals surface area contributed by atoms with Crippen LogP contribution in [0.25, 0.3) is 5.69 Å². The molecule has 202 valence electrons. The maximum Gasteiger partial charge on any atom is 0.355 e. The summed E-state index contributed by atoms with van der Waals surface area (Å²) in [7, 11) is -4.10. The number of benzene rings is 1. The highest BCUT2D eigenvalue weighted by Gasteiger charge is 2.23. The number of ether oxygens (including phenoxy) is 1. The lowest BCUT2D eigenvalue weighted by Crippen LogP contribution is -2.25. The molecule has 36 heavy (non-hydrogen) atoms. The molecule has 2 rings (SSSR count). The Hall–Kier alpha value is -2.42. The molecule has 12 nitrogen and oxygen atoms in total. The Morgan fingerprint density at radius 1 is 1.31 bits per heavy atom. The number of carbonyl (C=O) groups excluding carboxylic acids is 1. The maximum absolute atomic E-state index is 14.2. The van der Waals surface area contributed by atoms with E-state index >= 15 is 0 Å². The van der Waals surface area contributed by atoms with Crippen LogP contribution in [0.15, 0.2) is 16.9 Å². The van der Waals surface area contributed by atoms with Crippen LogP contribution >= 0.6 is 30.8 Å². The third-order valence-corrected chi connectivity index (χ3v) is 5.38. The van der Waals surface area contributed by atoms with Crippen LogP contribution in [0, 0.1) is 12.7 Å². The van der Waals surface area contributed by atoms with E-state index in [0.29, 0.717) is 4.68 Å². The van der Waals surface area contributed by atoms with Gasteiger partial charge in [0.1, 0.15) is 16.9 Å². The molecule has 0 radical (unpaired) electrons. The summed E-state index contributed by atoms with van der Waals surface area (Å²) in [4.78, 5) is 49.9.